The van der Waals surface area contributed by atoms with E-state index in [0.29, 0.717) is 11.6 Å². The Labute approximate surface area is 154 Å². The number of thiophene rings is 1. The Bertz CT molecular complexity index is 993. The number of aryl methyl sites for hydroxylation is 1. The molecule has 26 heavy (non-hydrogen) atoms. The van der Waals surface area contributed by atoms with Crippen molar-refractivity contribution < 1.29 is 4.74 Å². The topological polar surface area (TPSA) is 70.6 Å². The molecule has 3 heterocycles. The lowest BCUT2D eigenvalue weighted by Crippen LogP contribution is -2.23. The van der Waals surface area contributed by atoms with Crippen LogP contribution >= 0.6 is 11.3 Å². The lowest BCUT2D eigenvalue weighted by Gasteiger charge is -2.21. The van der Waals surface area contributed by atoms with E-state index in [9.17, 15) is 4.79 Å². The molecule has 132 valence electrons. The molecule has 0 aliphatic carbocycles. The van der Waals surface area contributed by atoms with Crippen molar-refractivity contribution in [2.45, 2.75) is 19.4 Å². The number of methoxy groups -OCH3 is 1. The highest BCUT2D eigenvalue weighted by Gasteiger charge is 2.32. The van der Waals surface area contributed by atoms with Gasteiger partial charge in [-0.3, -0.25) is 9.78 Å². The van der Waals surface area contributed by atoms with Crippen molar-refractivity contribution in [3.05, 3.63) is 74.3 Å². The van der Waals surface area contributed by atoms with Gasteiger partial charge < -0.3 is 4.74 Å². The van der Waals surface area contributed by atoms with E-state index in [-0.39, 0.29) is 11.6 Å². The minimum absolute atomic E-state index is 0.0112. The molecule has 1 aliphatic rings. The molecule has 1 aliphatic heterocycles. The standard InChI is InChI=1S/C19H18N4O2S/c1-12-10-18(24)21-19(20-12)23-16(17-4-3-9-26-17)11-15(22-23)13-5-7-14(25-2)8-6-13/h3-10,16H,11H2,1-2H3,(H,20,21,24)/t16-/m0/s1. The van der Waals surface area contributed by atoms with Gasteiger partial charge in [-0.25, -0.2) is 9.99 Å². The fourth-order valence-corrected chi connectivity index (χ4v) is 3.85. The van der Waals surface area contributed by atoms with Gasteiger partial charge in [0.15, 0.2) is 0 Å². The number of anilines is 1. The summed E-state index contributed by atoms with van der Waals surface area (Å²) in [5, 5.41) is 8.65. The number of hydrazone groups is 1. The van der Waals surface area contributed by atoms with Crippen LogP contribution in [-0.2, 0) is 0 Å². The number of hydrogen-bond acceptors (Lipinski definition) is 6. The number of nitrogens with zero attached hydrogens (tertiary/aromatic N) is 3. The minimum Gasteiger partial charge on any atom is -0.497 e. The smallest absolute Gasteiger partial charge is 0.252 e. The zero-order chi connectivity index (χ0) is 18.1. The van der Waals surface area contributed by atoms with Crippen LogP contribution in [0.1, 0.15) is 28.6 Å². The molecule has 1 aromatic carbocycles. The average molecular weight is 366 g/mol. The van der Waals surface area contributed by atoms with Crippen LogP contribution in [0.2, 0.25) is 0 Å². The number of nitrogens with one attached hydrogen (secondary N) is 1. The van der Waals surface area contributed by atoms with E-state index in [4.69, 9.17) is 9.84 Å². The molecule has 3 aromatic rings. The maximum atomic E-state index is 11.9. The molecule has 7 heteroatoms. The number of hydrogen-bond donors (Lipinski definition) is 1. The van der Waals surface area contributed by atoms with Crippen molar-refractivity contribution in [2.24, 2.45) is 5.10 Å². The van der Waals surface area contributed by atoms with Crippen LogP contribution in [0.5, 0.6) is 5.75 Å². The normalized spacial score (nSPS) is 16.6. The van der Waals surface area contributed by atoms with Crippen LogP contribution in [0.3, 0.4) is 0 Å². The zero-order valence-electron chi connectivity index (χ0n) is 14.5. The van der Waals surface area contributed by atoms with Crippen molar-refractivity contribution in [1.82, 2.24) is 9.97 Å². The number of ether oxygens (including phenoxy) is 1. The summed E-state index contributed by atoms with van der Waals surface area (Å²) < 4.78 is 5.23. The predicted octanol–water partition coefficient (Wildman–Crippen LogP) is 3.50. The number of benzene rings is 1. The van der Waals surface area contributed by atoms with Gasteiger partial charge in [0.05, 0.1) is 18.9 Å². The zero-order valence-corrected chi connectivity index (χ0v) is 15.3. The summed E-state index contributed by atoms with van der Waals surface area (Å²) in [7, 11) is 1.65. The van der Waals surface area contributed by atoms with Crippen LogP contribution in [-0.4, -0.2) is 22.8 Å². The molecule has 0 unspecified atom stereocenters. The highest BCUT2D eigenvalue weighted by Crippen LogP contribution is 2.37. The van der Waals surface area contributed by atoms with Gasteiger partial charge in [0.25, 0.3) is 5.56 Å². The summed E-state index contributed by atoms with van der Waals surface area (Å²) >= 11 is 1.68. The van der Waals surface area contributed by atoms with Gasteiger partial charge in [0.1, 0.15) is 5.75 Å². The van der Waals surface area contributed by atoms with Crippen molar-refractivity contribution >= 4 is 23.0 Å². The second kappa shape index (κ2) is 6.76. The van der Waals surface area contributed by atoms with Gasteiger partial charge in [0, 0.05) is 23.1 Å². The van der Waals surface area contributed by atoms with Gasteiger partial charge in [-0.15, -0.1) is 11.3 Å². The van der Waals surface area contributed by atoms with E-state index in [1.165, 1.54) is 10.9 Å². The fourth-order valence-electron chi connectivity index (χ4n) is 3.04. The summed E-state index contributed by atoms with van der Waals surface area (Å²) in [5.74, 6) is 1.28. The molecule has 0 radical (unpaired) electrons. The van der Waals surface area contributed by atoms with Crippen LogP contribution in [0.4, 0.5) is 5.95 Å². The Morgan fingerprint density at radius 1 is 1.27 bits per heavy atom. The summed E-state index contributed by atoms with van der Waals surface area (Å²) in [4.78, 5) is 20.4. The van der Waals surface area contributed by atoms with E-state index in [1.54, 1.807) is 18.4 Å². The van der Waals surface area contributed by atoms with E-state index >= 15 is 0 Å². The average Bonchev–Trinajstić information content (AvgIpc) is 3.30. The molecule has 6 nitrogen and oxygen atoms in total. The van der Waals surface area contributed by atoms with Gasteiger partial charge in [-0.2, -0.15) is 5.10 Å². The Kier molecular flexibility index (Phi) is 4.30. The highest BCUT2D eigenvalue weighted by molar-refractivity contribution is 7.10. The first-order valence-corrected chi connectivity index (χ1v) is 9.14. The SMILES string of the molecule is COc1ccc(C2=NN(c3nc(C)cc(=O)[nH]3)[C@H](c3cccs3)C2)cc1. The molecular weight excluding hydrogens is 348 g/mol. The Hall–Kier alpha value is -2.93. The second-order valence-corrected chi connectivity index (χ2v) is 7.04. The fraction of sp³-hybridized carbons (Fsp3) is 0.211. The molecule has 4 rings (SSSR count). The number of rotatable bonds is 4. The highest BCUT2D eigenvalue weighted by atomic mass is 32.1. The summed E-state index contributed by atoms with van der Waals surface area (Å²) in [6.07, 6.45) is 0.741. The monoisotopic (exact) mass is 366 g/mol. The van der Waals surface area contributed by atoms with Crippen molar-refractivity contribution in [2.75, 3.05) is 12.1 Å². The molecular formula is C19H18N4O2S. The second-order valence-electron chi connectivity index (χ2n) is 6.07. The number of aromatic amines is 1. The maximum absolute atomic E-state index is 11.9. The largest absolute Gasteiger partial charge is 0.497 e. The molecule has 2 aromatic heterocycles. The lowest BCUT2D eigenvalue weighted by atomic mass is 10.0. The van der Waals surface area contributed by atoms with E-state index in [0.717, 1.165) is 23.4 Å². The molecule has 0 amide bonds. The van der Waals surface area contributed by atoms with Crippen molar-refractivity contribution in [1.29, 1.82) is 0 Å². The van der Waals surface area contributed by atoms with Crippen LogP contribution in [0.15, 0.2) is 57.7 Å². The van der Waals surface area contributed by atoms with Crippen molar-refractivity contribution in [3.63, 3.8) is 0 Å². The first-order chi connectivity index (χ1) is 12.6. The predicted molar refractivity (Wildman–Crippen MR) is 103 cm³/mol. The summed E-state index contributed by atoms with van der Waals surface area (Å²) in [6, 6.07) is 13.4. The lowest BCUT2D eigenvalue weighted by molar-refractivity contribution is 0.415. The molecule has 0 fully saturated rings. The maximum Gasteiger partial charge on any atom is 0.252 e. The Morgan fingerprint density at radius 3 is 2.73 bits per heavy atom. The summed E-state index contributed by atoms with van der Waals surface area (Å²) in [6.45, 7) is 1.81. The van der Waals surface area contributed by atoms with E-state index in [2.05, 4.69) is 16.0 Å². The van der Waals surface area contributed by atoms with Gasteiger partial charge in [0.2, 0.25) is 5.95 Å². The van der Waals surface area contributed by atoms with Gasteiger partial charge in [-0.1, -0.05) is 6.07 Å². The van der Waals surface area contributed by atoms with Gasteiger partial charge in [-0.05, 0) is 48.2 Å². The van der Waals surface area contributed by atoms with Crippen molar-refractivity contribution in [3.8, 4) is 5.75 Å². The van der Waals surface area contributed by atoms with Crippen LogP contribution in [0.25, 0.3) is 0 Å². The molecule has 0 saturated carbocycles. The van der Waals surface area contributed by atoms with Gasteiger partial charge >= 0.3 is 0 Å². The molecule has 0 bridgehead atoms. The van der Waals surface area contributed by atoms with Crippen LogP contribution in [0, 0.1) is 6.92 Å². The first-order valence-electron chi connectivity index (χ1n) is 8.26. The van der Waals surface area contributed by atoms with E-state index < -0.39 is 0 Å². The molecule has 0 saturated heterocycles. The third-order valence-electron chi connectivity index (χ3n) is 4.28. The Morgan fingerprint density at radius 2 is 2.08 bits per heavy atom. The first kappa shape index (κ1) is 16.5. The third kappa shape index (κ3) is 3.13. The third-order valence-corrected chi connectivity index (χ3v) is 5.25. The van der Waals surface area contributed by atoms with Crippen LogP contribution < -0.4 is 15.3 Å². The van der Waals surface area contributed by atoms with E-state index in [1.807, 2.05) is 47.6 Å². The summed E-state index contributed by atoms with van der Waals surface area (Å²) in [5.41, 5.74) is 2.48. The number of aromatic nitrogens is 2. The minimum atomic E-state index is -0.175. The number of H-pyrrole nitrogens is 1. The molecule has 1 atom stereocenters. The molecule has 1 N–H and O–H groups in total. The Balaban J connectivity index is 1.75. The molecule has 0 spiro atoms. The quantitative estimate of drug-likeness (QED) is 0.767.